The van der Waals surface area contributed by atoms with Crippen molar-refractivity contribution in [2.24, 2.45) is 0 Å². The van der Waals surface area contributed by atoms with Crippen molar-refractivity contribution >= 4 is 11.6 Å². The molecule has 1 atom stereocenters. The maximum Gasteiger partial charge on any atom is 0.221 e. The Hall–Kier alpha value is -1.59. The van der Waals surface area contributed by atoms with Crippen LogP contribution in [0, 0.1) is 0 Å². The van der Waals surface area contributed by atoms with Gasteiger partial charge in [0.05, 0.1) is 13.2 Å². The molecule has 94 valence electrons. The Kier molecular flexibility index (Phi) is 4.93. The summed E-state index contributed by atoms with van der Waals surface area (Å²) in [5.41, 5.74) is 1.29. The number of aliphatic hydroxyl groups is 1. The molecule has 0 aromatic heterocycles. The average molecular weight is 238 g/mol. The Bertz CT molecular complexity index is 393. The second kappa shape index (κ2) is 6.22. The van der Waals surface area contributed by atoms with Crippen molar-refractivity contribution < 1.29 is 14.6 Å². The van der Waals surface area contributed by atoms with Crippen molar-refractivity contribution in [2.45, 2.75) is 13.0 Å². The first-order valence-corrected chi connectivity index (χ1v) is 5.36. The van der Waals surface area contributed by atoms with Gasteiger partial charge in [-0.15, -0.1) is 0 Å². The number of carbonyl (C=O) groups excluding carboxylic acids is 1. The maximum absolute atomic E-state index is 11.0. The zero-order valence-electron chi connectivity index (χ0n) is 10.3. The summed E-state index contributed by atoms with van der Waals surface area (Å²) in [5.74, 6) is 0.450. The minimum absolute atomic E-state index is 0.149. The molecule has 1 amide bonds. The van der Waals surface area contributed by atoms with Crippen LogP contribution in [0.4, 0.5) is 5.69 Å². The number of nitrogens with one attached hydrogen (secondary N) is 2. The van der Waals surface area contributed by atoms with E-state index in [9.17, 15) is 9.90 Å². The number of aliphatic hydroxyl groups excluding tert-OH is 1. The molecular formula is C12H18N2O3. The number of rotatable bonds is 5. The first-order valence-electron chi connectivity index (χ1n) is 5.36. The molecule has 3 N–H and O–H groups in total. The number of hydrogen-bond acceptors (Lipinski definition) is 4. The Morgan fingerprint density at radius 1 is 1.53 bits per heavy atom. The van der Waals surface area contributed by atoms with E-state index in [2.05, 4.69) is 10.6 Å². The molecule has 0 heterocycles. The first-order chi connectivity index (χ1) is 8.08. The summed E-state index contributed by atoms with van der Waals surface area (Å²) in [6.45, 7) is 1.85. The van der Waals surface area contributed by atoms with Crippen LogP contribution in [0.15, 0.2) is 18.2 Å². The summed E-state index contributed by atoms with van der Waals surface area (Å²) in [5, 5.41) is 15.5. The fourth-order valence-electron chi connectivity index (χ4n) is 1.58. The predicted molar refractivity (Wildman–Crippen MR) is 66.2 cm³/mol. The summed E-state index contributed by atoms with van der Waals surface area (Å²) in [6.07, 6.45) is -0.677. The molecule has 0 aliphatic carbocycles. The minimum Gasteiger partial charge on any atom is -0.496 e. The fourth-order valence-corrected chi connectivity index (χ4v) is 1.58. The van der Waals surface area contributed by atoms with Crippen LogP contribution in [0.25, 0.3) is 0 Å². The van der Waals surface area contributed by atoms with Crippen molar-refractivity contribution in [1.82, 2.24) is 5.32 Å². The molecule has 1 aromatic carbocycles. The van der Waals surface area contributed by atoms with Gasteiger partial charge >= 0.3 is 0 Å². The molecule has 17 heavy (non-hydrogen) atoms. The van der Waals surface area contributed by atoms with Crippen molar-refractivity contribution in [2.75, 3.05) is 26.0 Å². The highest BCUT2D eigenvalue weighted by Gasteiger charge is 2.13. The maximum atomic E-state index is 11.0. The van der Waals surface area contributed by atoms with Crippen LogP contribution >= 0.6 is 0 Å². The van der Waals surface area contributed by atoms with E-state index in [-0.39, 0.29) is 5.91 Å². The molecular weight excluding hydrogens is 220 g/mol. The highest BCUT2D eigenvalue weighted by atomic mass is 16.5. The van der Waals surface area contributed by atoms with Gasteiger partial charge in [0, 0.05) is 24.7 Å². The molecule has 1 rings (SSSR count). The van der Waals surface area contributed by atoms with Gasteiger partial charge in [0.15, 0.2) is 0 Å². The van der Waals surface area contributed by atoms with Gasteiger partial charge in [-0.1, -0.05) is 0 Å². The zero-order chi connectivity index (χ0) is 12.8. The SMILES string of the molecule is CNCC(O)c1cc(NC(C)=O)ccc1OC. The lowest BCUT2D eigenvalue weighted by molar-refractivity contribution is -0.114. The molecule has 0 fully saturated rings. The molecule has 0 radical (unpaired) electrons. The third-order valence-corrected chi connectivity index (χ3v) is 2.31. The van der Waals surface area contributed by atoms with E-state index in [4.69, 9.17) is 4.74 Å². The van der Waals surface area contributed by atoms with E-state index in [0.717, 1.165) is 0 Å². The van der Waals surface area contributed by atoms with Gasteiger partial charge in [0.1, 0.15) is 5.75 Å². The van der Waals surface area contributed by atoms with Gasteiger partial charge < -0.3 is 20.5 Å². The summed E-state index contributed by atoms with van der Waals surface area (Å²) in [6, 6.07) is 5.16. The fraction of sp³-hybridized carbons (Fsp3) is 0.417. The lowest BCUT2D eigenvalue weighted by atomic mass is 10.1. The van der Waals surface area contributed by atoms with Gasteiger partial charge in [-0.05, 0) is 25.2 Å². The highest BCUT2D eigenvalue weighted by Crippen LogP contribution is 2.28. The van der Waals surface area contributed by atoms with Crippen molar-refractivity contribution in [3.8, 4) is 5.75 Å². The van der Waals surface area contributed by atoms with Crippen molar-refractivity contribution in [1.29, 1.82) is 0 Å². The van der Waals surface area contributed by atoms with E-state index in [1.807, 2.05) is 0 Å². The van der Waals surface area contributed by atoms with Crippen LogP contribution in [0.2, 0.25) is 0 Å². The highest BCUT2D eigenvalue weighted by molar-refractivity contribution is 5.88. The normalized spacial score (nSPS) is 12.0. The van der Waals surface area contributed by atoms with E-state index >= 15 is 0 Å². The van der Waals surface area contributed by atoms with Crippen LogP contribution in [0.3, 0.4) is 0 Å². The van der Waals surface area contributed by atoms with Crippen LogP contribution in [-0.4, -0.2) is 31.7 Å². The predicted octanol–water partition coefficient (Wildman–Crippen LogP) is 0.906. The van der Waals surface area contributed by atoms with Gasteiger partial charge in [-0.25, -0.2) is 0 Å². The second-order valence-electron chi connectivity index (χ2n) is 3.71. The van der Waals surface area contributed by atoms with Gasteiger partial charge in [0.25, 0.3) is 0 Å². The number of ether oxygens (including phenoxy) is 1. The lowest BCUT2D eigenvalue weighted by Gasteiger charge is -2.16. The molecule has 0 aliphatic heterocycles. The second-order valence-corrected chi connectivity index (χ2v) is 3.71. The van der Waals surface area contributed by atoms with Crippen LogP contribution < -0.4 is 15.4 Å². The van der Waals surface area contributed by atoms with E-state index in [1.54, 1.807) is 32.4 Å². The average Bonchev–Trinajstić information content (AvgIpc) is 2.28. The molecule has 0 saturated carbocycles. The summed E-state index contributed by atoms with van der Waals surface area (Å²) in [4.78, 5) is 11.0. The molecule has 5 nitrogen and oxygen atoms in total. The monoisotopic (exact) mass is 238 g/mol. The molecule has 1 unspecified atom stereocenters. The third-order valence-electron chi connectivity index (χ3n) is 2.31. The van der Waals surface area contributed by atoms with Crippen molar-refractivity contribution in [3.05, 3.63) is 23.8 Å². The van der Waals surface area contributed by atoms with E-state index < -0.39 is 6.10 Å². The molecule has 0 saturated heterocycles. The Morgan fingerprint density at radius 3 is 2.76 bits per heavy atom. The molecule has 0 spiro atoms. The summed E-state index contributed by atoms with van der Waals surface area (Å²) >= 11 is 0. The number of anilines is 1. The van der Waals surface area contributed by atoms with Crippen molar-refractivity contribution in [3.63, 3.8) is 0 Å². The smallest absolute Gasteiger partial charge is 0.221 e. The first kappa shape index (κ1) is 13.5. The molecule has 5 heteroatoms. The topological polar surface area (TPSA) is 70.6 Å². The van der Waals surface area contributed by atoms with E-state index in [1.165, 1.54) is 6.92 Å². The molecule has 1 aromatic rings. The molecule has 0 bridgehead atoms. The van der Waals surface area contributed by atoms with Gasteiger partial charge in [-0.2, -0.15) is 0 Å². The number of carbonyl (C=O) groups is 1. The lowest BCUT2D eigenvalue weighted by Crippen LogP contribution is -2.17. The summed E-state index contributed by atoms with van der Waals surface area (Å²) in [7, 11) is 3.30. The number of benzene rings is 1. The Balaban J connectivity index is 3.01. The van der Waals surface area contributed by atoms with E-state index in [0.29, 0.717) is 23.5 Å². The van der Waals surface area contributed by atoms with Gasteiger partial charge in [-0.3, -0.25) is 4.79 Å². The number of hydrogen-bond donors (Lipinski definition) is 3. The zero-order valence-corrected chi connectivity index (χ0v) is 10.3. The Morgan fingerprint density at radius 2 is 2.24 bits per heavy atom. The largest absolute Gasteiger partial charge is 0.496 e. The number of likely N-dealkylation sites (N-methyl/N-ethyl adjacent to an activating group) is 1. The third kappa shape index (κ3) is 3.72. The summed E-state index contributed by atoms with van der Waals surface area (Å²) < 4.78 is 5.17. The number of methoxy groups -OCH3 is 1. The minimum atomic E-state index is -0.677. The Labute approximate surface area is 101 Å². The van der Waals surface area contributed by atoms with Crippen LogP contribution in [-0.2, 0) is 4.79 Å². The molecule has 0 aliphatic rings. The van der Waals surface area contributed by atoms with Crippen LogP contribution in [0.1, 0.15) is 18.6 Å². The quantitative estimate of drug-likeness (QED) is 0.713. The van der Waals surface area contributed by atoms with Gasteiger partial charge in [0.2, 0.25) is 5.91 Å². The van der Waals surface area contributed by atoms with Crippen LogP contribution in [0.5, 0.6) is 5.75 Å². The standard InChI is InChI=1S/C12H18N2O3/c1-8(15)14-9-4-5-12(17-3)10(6-9)11(16)7-13-2/h4-6,11,13,16H,7H2,1-3H3,(H,14,15). The number of amides is 1.